The average Bonchev–Trinajstić information content (AvgIpc) is 3.61. The highest BCUT2D eigenvalue weighted by molar-refractivity contribution is 5.91. The molecular weight excluding hydrogens is 424 g/mol. The van der Waals surface area contributed by atoms with E-state index in [1.54, 1.807) is 29.4 Å². The third-order valence-corrected chi connectivity index (χ3v) is 6.51. The first-order valence-electron chi connectivity index (χ1n) is 11.5. The Morgan fingerprint density at radius 1 is 1.27 bits per heavy atom. The summed E-state index contributed by atoms with van der Waals surface area (Å²) >= 11 is 0. The van der Waals surface area contributed by atoms with Crippen LogP contribution < -0.4 is 5.43 Å². The number of hydrogen-bond acceptors (Lipinski definition) is 7. The van der Waals surface area contributed by atoms with Crippen molar-refractivity contribution in [2.75, 3.05) is 13.1 Å². The molecule has 1 saturated carbocycles. The van der Waals surface area contributed by atoms with E-state index in [-0.39, 0.29) is 24.7 Å². The van der Waals surface area contributed by atoms with E-state index in [0.717, 1.165) is 25.7 Å². The molecule has 0 spiro atoms. The van der Waals surface area contributed by atoms with Crippen LogP contribution >= 0.6 is 0 Å². The maximum Gasteiger partial charge on any atom is 0.242 e. The van der Waals surface area contributed by atoms with E-state index in [0.29, 0.717) is 48.3 Å². The molecule has 2 aromatic heterocycles. The maximum atomic E-state index is 13.4. The molecule has 3 heterocycles. The topological polar surface area (TPSA) is 121 Å². The monoisotopic (exact) mass is 454 g/mol. The van der Waals surface area contributed by atoms with Crippen LogP contribution in [0.3, 0.4) is 0 Å². The number of carbonyl (C=O) groups excluding carboxylic acids is 3. The molecule has 1 aliphatic heterocycles. The molecule has 2 aliphatic rings. The van der Waals surface area contributed by atoms with Gasteiger partial charge in [-0.05, 0) is 30.9 Å². The highest BCUT2D eigenvalue weighted by Gasteiger charge is 2.38. The first-order chi connectivity index (χ1) is 16.0. The van der Waals surface area contributed by atoms with Gasteiger partial charge in [0, 0.05) is 18.9 Å². The molecule has 4 rings (SSSR count). The van der Waals surface area contributed by atoms with Crippen molar-refractivity contribution in [3.63, 3.8) is 0 Å². The molecule has 0 radical (unpaired) electrons. The zero-order valence-corrected chi connectivity index (χ0v) is 18.5. The molecule has 33 heavy (non-hydrogen) atoms. The van der Waals surface area contributed by atoms with Gasteiger partial charge < -0.3 is 0 Å². The number of rotatable bonds is 10. The lowest BCUT2D eigenvalue weighted by molar-refractivity contribution is -0.159. The van der Waals surface area contributed by atoms with Crippen LogP contribution in [0.15, 0.2) is 36.9 Å². The lowest BCUT2D eigenvalue weighted by Crippen LogP contribution is -2.51. The minimum atomic E-state index is -0.606. The highest BCUT2D eigenvalue weighted by Crippen LogP contribution is 2.31. The van der Waals surface area contributed by atoms with Crippen molar-refractivity contribution in [3.05, 3.63) is 42.6 Å². The second-order valence-corrected chi connectivity index (χ2v) is 8.83. The molecule has 176 valence electrons. The number of hydrazine groups is 1. The van der Waals surface area contributed by atoms with Crippen LogP contribution in [0.2, 0.25) is 0 Å². The molecule has 2 fully saturated rings. The molecule has 1 saturated heterocycles. The average molecular weight is 455 g/mol. The summed E-state index contributed by atoms with van der Waals surface area (Å²) in [5.74, 6) is 0.153. The van der Waals surface area contributed by atoms with Crippen LogP contribution in [-0.4, -0.2) is 67.0 Å². The number of ketones is 1. The molecule has 0 aromatic carbocycles. The fraction of sp³-hybridized carbons (Fsp3) is 0.522. The minimum Gasteiger partial charge on any atom is -0.297 e. The van der Waals surface area contributed by atoms with Crippen molar-refractivity contribution in [1.29, 1.82) is 0 Å². The smallest absolute Gasteiger partial charge is 0.242 e. The van der Waals surface area contributed by atoms with Crippen LogP contribution in [-0.2, 0) is 20.8 Å². The van der Waals surface area contributed by atoms with Crippen LogP contribution in [0.4, 0.5) is 0 Å². The fourth-order valence-corrected chi connectivity index (χ4v) is 4.87. The van der Waals surface area contributed by atoms with Crippen molar-refractivity contribution in [2.24, 2.45) is 11.8 Å². The van der Waals surface area contributed by atoms with Gasteiger partial charge in [0.2, 0.25) is 12.3 Å². The number of hydrogen-bond donors (Lipinski definition) is 2. The summed E-state index contributed by atoms with van der Waals surface area (Å²) in [7, 11) is 0. The van der Waals surface area contributed by atoms with Gasteiger partial charge in [-0.2, -0.15) is 0 Å². The highest BCUT2D eigenvalue weighted by atomic mass is 16.5. The van der Waals surface area contributed by atoms with E-state index in [2.05, 4.69) is 15.4 Å². The summed E-state index contributed by atoms with van der Waals surface area (Å²) in [5, 5.41) is 11.7. The minimum absolute atomic E-state index is 0.0770. The Kier molecular flexibility index (Phi) is 7.46. The van der Waals surface area contributed by atoms with Gasteiger partial charge in [0.25, 0.3) is 0 Å². The van der Waals surface area contributed by atoms with E-state index in [1.807, 2.05) is 12.1 Å². The Balaban J connectivity index is 1.45. The van der Waals surface area contributed by atoms with E-state index in [9.17, 15) is 19.6 Å². The number of nitrogens with zero attached hydrogens (tertiary/aromatic N) is 5. The first kappa shape index (κ1) is 23.1. The van der Waals surface area contributed by atoms with Crippen LogP contribution in [0.25, 0.3) is 5.82 Å². The van der Waals surface area contributed by atoms with Crippen molar-refractivity contribution in [3.8, 4) is 5.82 Å². The molecule has 2 N–H and O–H groups in total. The summed E-state index contributed by atoms with van der Waals surface area (Å²) in [6, 6.07) is 4.87. The Morgan fingerprint density at radius 2 is 2.09 bits per heavy atom. The van der Waals surface area contributed by atoms with Crippen molar-refractivity contribution in [2.45, 2.75) is 51.0 Å². The molecule has 10 heteroatoms. The van der Waals surface area contributed by atoms with Crippen molar-refractivity contribution < 1.29 is 19.6 Å². The van der Waals surface area contributed by atoms with Gasteiger partial charge in [0.1, 0.15) is 18.2 Å². The number of Topliss-reactive ketones (excluding diaryl/α,β-unsaturated/α-hetero) is 1. The molecule has 2 aromatic rings. The molecule has 2 atom stereocenters. The quantitative estimate of drug-likeness (QED) is 0.317. The Hall–Kier alpha value is -3.11. The number of pyridine rings is 1. The fourth-order valence-electron chi connectivity index (χ4n) is 4.87. The third-order valence-electron chi connectivity index (χ3n) is 6.51. The second-order valence-electron chi connectivity index (χ2n) is 8.83. The zero-order valence-electron chi connectivity index (χ0n) is 18.5. The standard InChI is InChI=1S/C23H30N6O4/c30-16-28(33)14-18(12-17-4-1-2-5-17)23(32)29-20(8-9-25-29)21(31)13-19-6-3-7-22(26-19)27-11-10-24-15-27/h3,6-7,10-11,15-18,20,25,33H,1-2,4-5,8-9,12-14H2/t18-,20+/m1/s1. The largest absolute Gasteiger partial charge is 0.297 e. The van der Waals surface area contributed by atoms with Gasteiger partial charge in [-0.25, -0.2) is 20.5 Å². The number of imidazole rings is 1. The van der Waals surface area contributed by atoms with Crippen LogP contribution in [0.1, 0.15) is 44.2 Å². The number of aromatic nitrogens is 3. The molecule has 1 aliphatic carbocycles. The van der Waals surface area contributed by atoms with Crippen LogP contribution in [0.5, 0.6) is 0 Å². The lowest BCUT2D eigenvalue weighted by Gasteiger charge is -2.30. The summed E-state index contributed by atoms with van der Waals surface area (Å²) in [4.78, 5) is 46.1. The third kappa shape index (κ3) is 5.63. The Morgan fingerprint density at radius 3 is 2.82 bits per heavy atom. The van der Waals surface area contributed by atoms with Gasteiger partial charge in [-0.15, -0.1) is 0 Å². The number of hydroxylamine groups is 2. The van der Waals surface area contributed by atoms with E-state index in [4.69, 9.17) is 0 Å². The SMILES string of the molecule is O=CN(O)C[C@@H](CC1CCCC1)C(=O)N1NCC[C@H]1C(=O)Cc1cccc(-n2ccnc2)n1. The van der Waals surface area contributed by atoms with Gasteiger partial charge in [-0.1, -0.05) is 31.7 Å². The predicted molar refractivity (Wildman–Crippen MR) is 118 cm³/mol. The first-order valence-corrected chi connectivity index (χ1v) is 11.5. The van der Waals surface area contributed by atoms with E-state index >= 15 is 0 Å². The van der Waals surface area contributed by atoms with Gasteiger partial charge in [-0.3, -0.25) is 29.2 Å². The molecule has 10 nitrogen and oxygen atoms in total. The van der Waals surface area contributed by atoms with Crippen LogP contribution in [0, 0.1) is 11.8 Å². The van der Waals surface area contributed by atoms with Crippen molar-refractivity contribution in [1.82, 2.24) is 30.0 Å². The Labute approximate surface area is 192 Å². The lowest BCUT2D eigenvalue weighted by atomic mass is 9.91. The summed E-state index contributed by atoms with van der Waals surface area (Å²) in [6.07, 6.45) is 11.0. The number of nitrogens with one attached hydrogen (secondary N) is 1. The predicted octanol–water partition coefficient (Wildman–Crippen LogP) is 1.53. The van der Waals surface area contributed by atoms with E-state index in [1.165, 1.54) is 5.01 Å². The normalized spacial score (nSPS) is 19.5. The Bertz CT molecular complexity index is 960. The molecule has 0 unspecified atom stereocenters. The van der Waals surface area contributed by atoms with Gasteiger partial charge in [0.15, 0.2) is 5.78 Å². The molecule has 0 bridgehead atoms. The molecule has 2 amide bonds. The van der Waals surface area contributed by atoms with E-state index < -0.39 is 12.0 Å². The second kappa shape index (κ2) is 10.7. The number of amides is 2. The maximum absolute atomic E-state index is 13.4. The zero-order chi connectivity index (χ0) is 23.2. The van der Waals surface area contributed by atoms with Crippen molar-refractivity contribution >= 4 is 18.1 Å². The summed E-state index contributed by atoms with van der Waals surface area (Å²) in [6.45, 7) is 0.434. The summed E-state index contributed by atoms with van der Waals surface area (Å²) in [5.41, 5.74) is 3.67. The molecular formula is C23H30N6O4. The van der Waals surface area contributed by atoms with Gasteiger partial charge in [0.05, 0.1) is 24.6 Å². The summed E-state index contributed by atoms with van der Waals surface area (Å²) < 4.78 is 1.77. The number of carbonyl (C=O) groups is 3. The van der Waals surface area contributed by atoms with Gasteiger partial charge >= 0.3 is 0 Å².